The van der Waals surface area contributed by atoms with Crippen LogP contribution in [0.5, 0.6) is 11.5 Å². The van der Waals surface area contributed by atoms with E-state index in [9.17, 15) is 4.79 Å². The van der Waals surface area contributed by atoms with Gasteiger partial charge in [-0.05, 0) is 42.2 Å². The Hall–Kier alpha value is -1.77. The van der Waals surface area contributed by atoms with Gasteiger partial charge >= 0.3 is 0 Å². The Bertz CT molecular complexity index is 502. The number of hydrogen-bond acceptors (Lipinski definition) is 3. The molecule has 1 aliphatic heterocycles. The summed E-state index contributed by atoms with van der Waals surface area (Å²) >= 11 is 0. The smallest absolute Gasteiger partial charge is 0.161 e. The van der Waals surface area contributed by atoms with Gasteiger partial charge in [-0.15, -0.1) is 0 Å². The first kappa shape index (κ1) is 11.3. The molecule has 3 rings (SSSR count). The molecule has 3 nitrogen and oxygen atoms in total. The number of carbonyl (C=O) groups excluding carboxylic acids is 1. The highest BCUT2D eigenvalue weighted by Crippen LogP contribution is 2.34. The zero-order valence-electron chi connectivity index (χ0n) is 10.3. The van der Waals surface area contributed by atoms with Crippen LogP contribution in [0.2, 0.25) is 0 Å². The number of benzene rings is 1. The lowest BCUT2D eigenvalue weighted by Gasteiger charge is -2.14. The third-order valence-corrected chi connectivity index (χ3v) is 3.32. The summed E-state index contributed by atoms with van der Waals surface area (Å²) in [6.07, 6.45) is 5.26. The second kappa shape index (κ2) is 4.84. The van der Waals surface area contributed by atoms with Crippen LogP contribution >= 0.6 is 0 Å². The number of ketones is 1. The summed E-state index contributed by atoms with van der Waals surface area (Å²) in [5, 5.41) is 0. The fraction of sp³-hybridized carbons (Fsp3) is 0.400. The zero-order valence-corrected chi connectivity index (χ0v) is 10.3. The van der Waals surface area contributed by atoms with Crippen molar-refractivity contribution < 1.29 is 14.3 Å². The predicted octanol–water partition coefficient (Wildman–Crippen LogP) is 2.98. The normalized spacial score (nSPS) is 19.1. The number of rotatable bonds is 1. The van der Waals surface area contributed by atoms with Gasteiger partial charge in [0.25, 0.3) is 0 Å². The Morgan fingerprint density at radius 3 is 2.61 bits per heavy atom. The number of carbonyl (C=O) groups is 1. The van der Waals surface area contributed by atoms with E-state index in [-0.39, 0.29) is 5.78 Å². The van der Waals surface area contributed by atoms with E-state index in [0.717, 1.165) is 41.9 Å². The van der Waals surface area contributed by atoms with E-state index in [1.54, 1.807) is 6.08 Å². The van der Waals surface area contributed by atoms with Gasteiger partial charge in [-0.2, -0.15) is 0 Å². The Morgan fingerprint density at radius 1 is 0.944 bits per heavy atom. The van der Waals surface area contributed by atoms with Crippen molar-refractivity contribution in [1.82, 2.24) is 0 Å². The van der Waals surface area contributed by atoms with Crippen molar-refractivity contribution >= 4 is 11.4 Å². The van der Waals surface area contributed by atoms with Crippen molar-refractivity contribution in [1.29, 1.82) is 0 Å². The molecular formula is C15H16O3. The maximum Gasteiger partial charge on any atom is 0.161 e. The third-order valence-electron chi connectivity index (χ3n) is 3.32. The van der Waals surface area contributed by atoms with Crippen molar-refractivity contribution in [3.8, 4) is 11.5 Å². The van der Waals surface area contributed by atoms with E-state index in [2.05, 4.69) is 0 Å². The first-order valence-corrected chi connectivity index (χ1v) is 6.46. The lowest BCUT2D eigenvalue weighted by atomic mass is 9.93. The zero-order chi connectivity index (χ0) is 12.4. The largest absolute Gasteiger partial charge is 0.490 e. The molecule has 1 aliphatic carbocycles. The van der Waals surface area contributed by atoms with Gasteiger partial charge in [0.1, 0.15) is 0 Å². The SMILES string of the molecule is O=C1C=C(c2ccc3c(c2)OCCCO3)CCC1. The topological polar surface area (TPSA) is 35.5 Å². The van der Waals surface area contributed by atoms with E-state index < -0.39 is 0 Å². The van der Waals surface area contributed by atoms with Gasteiger partial charge in [0.2, 0.25) is 0 Å². The summed E-state index contributed by atoms with van der Waals surface area (Å²) in [6, 6.07) is 5.94. The molecule has 2 aliphatic rings. The third kappa shape index (κ3) is 2.26. The van der Waals surface area contributed by atoms with Crippen molar-refractivity contribution in [3.05, 3.63) is 29.8 Å². The second-order valence-electron chi connectivity index (χ2n) is 4.70. The molecule has 0 spiro atoms. The summed E-state index contributed by atoms with van der Waals surface area (Å²) < 4.78 is 11.3. The van der Waals surface area contributed by atoms with Crippen LogP contribution in [-0.2, 0) is 4.79 Å². The first-order valence-electron chi connectivity index (χ1n) is 6.46. The van der Waals surface area contributed by atoms with Gasteiger partial charge in [-0.1, -0.05) is 6.07 Å². The minimum absolute atomic E-state index is 0.225. The van der Waals surface area contributed by atoms with Crippen molar-refractivity contribution in [2.45, 2.75) is 25.7 Å². The molecule has 0 amide bonds. The Kier molecular flexibility index (Phi) is 3.05. The molecule has 0 saturated carbocycles. The van der Waals surface area contributed by atoms with Gasteiger partial charge in [0.05, 0.1) is 13.2 Å². The van der Waals surface area contributed by atoms with Crippen LogP contribution in [-0.4, -0.2) is 19.0 Å². The van der Waals surface area contributed by atoms with Gasteiger partial charge in [-0.25, -0.2) is 0 Å². The van der Waals surface area contributed by atoms with Crippen LogP contribution < -0.4 is 9.47 Å². The van der Waals surface area contributed by atoms with Crippen molar-refractivity contribution in [2.24, 2.45) is 0 Å². The van der Waals surface area contributed by atoms with E-state index >= 15 is 0 Å². The molecule has 0 unspecified atom stereocenters. The summed E-state index contributed by atoms with van der Waals surface area (Å²) in [4.78, 5) is 11.5. The molecule has 0 N–H and O–H groups in total. The van der Waals surface area contributed by atoms with E-state index in [0.29, 0.717) is 19.6 Å². The fourth-order valence-corrected chi connectivity index (χ4v) is 2.38. The Labute approximate surface area is 106 Å². The quantitative estimate of drug-likeness (QED) is 0.761. The molecule has 94 valence electrons. The fourth-order valence-electron chi connectivity index (χ4n) is 2.38. The Balaban J connectivity index is 1.94. The molecule has 1 heterocycles. The number of ether oxygens (including phenoxy) is 2. The van der Waals surface area contributed by atoms with Crippen LogP contribution in [0.25, 0.3) is 5.57 Å². The van der Waals surface area contributed by atoms with Gasteiger partial charge in [0.15, 0.2) is 17.3 Å². The highest BCUT2D eigenvalue weighted by atomic mass is 16.5. The highest BCUT2D eigenvalue weighted by molar-refractivity contribution is 5.98. The predicted molar refractivity (Wildman–Crippen MR) is 68.9 cm³/mol. The average Bonchev–Trinajstić information content (AvgIpc) is 2.63. The second-order valence-corrected chi connectivity index (χ2v) is 4.70. The average molecular weight is 244 g/mol. The molecule has 18 heavy (non-hydrogen) atoms. The Morgan fingerprint density at radius 2 is 1.78 bits per heavy atom. The number of fused-ring (bicyclic) bond motifs is 1. The van der Waals surface area contributed by atoms with Crippen LogP contribution in [0.15, 0.2) is 24.3 Å². The summed E-state index contributed by atoms with van der Waals surface area (Å²) in [7, 11) is 0. The maximum absolute atomic E-state index is 11.5. The van der Waals surface area contributed by atoms with Crippen LogP contribution in [0.4, 0.5) is 0 Å². The lowest BCUT2D eigenvalue weighted by molar-refractivity contribution is -0.114. The van der Waals surface area contributed by atoms with E-state index in [1.807, 2.05) is 18.2 Å². The van der Waals surface area contributed by atoms with Gasteiger partial charge in [0, 0.05) is 12.8 Å². The summed E-state index contributed by atoms with van der Waals surface area (Å²) in [6.45, 7) is 1.39. The summed E-state index contributed by atoms with van der Waals surface area (Å²) in [5.41, 5.74) is 2.19. The van der Waals surface area contributed by atoms with Crippen molar-refractivity contribution in [2.75, 3.05) is 13.2 Å². The van der Waals surface area contributed by atoms with Crippen LogP contribution in [0, 0.1) is 0 Å². The van der Waals surface area contributed by atoms with E-state index in [1.165, 1.54) is 0 Å². The molecule has 0 bridgehead atoms. The maximum atomic E-state index is 11.5. The molecule has 3 heteroatoms. The highest BCUT2D eigenvalue weighted by Gasteiger charge is 2.15. The molecule has 1 aromatic carbocycles. The monoisotopic (exact) mass is 244 g/mol. The number of allylic oxidation sites excluding steroid dienone is 2. The molecular weight excluding hydrogens is 228 g/mol. The van der Waals surface area contributed by atoms with E-state index in [4.69, 9.17) is 9.47 Å². The molecule has 0 saturated heterocycles. The molecule has 0 aromatic heterocycles. The van der Waals surface area contributed by atoms with Crippen LogP contribution in [0.1, 0.15) is 31.2 Å². The standard InChI is InChI=1S/C15H16O3/c16-13-4-1-3-11(9-13)12-5-6-14-15(10-12)18-8-2-7-17-14/h5-6,9-10H,1-4,7-8H2. The van der Waals surface area contributed by atoms with Gasteiger partial charge in [-0.3, -0.25) is 4.79 Å². The van der Waals surface area contributed by atoms with Crippen LogP contribution in [0.3, 0.4) is 0 Å². The molecule has 0 radical (unpaired) electrons. The molecule has 0 atom stereocenters. The lowest BCUT2D eigenvalue weighted by Crippen LogP contribution is -2.02. The molecule has 1 aromatic rings. The first-order chi connectivity index (χ1) is 8.83. The molecule has 0 fully saturated rings. The van der Waals surface area contributed by atoms with Gasteiger partial charge < -0.3 is 9.47 Å². The number of hydrogen-bond donors (Lipinski definition) is 0. The minimum atomic E-state index is 0.225. The summed E-state index contributed by atoms with van der Waals surface area (Å²) in [5.74, 6) is 1.83. The minimum Gasteiger partial charge on any atom is -0.490 e. The van der Waals surface area contributed by atoms with Crippen molar-refractivity contribution in [3.63, 3.8) is 0 Å².